The number of halogens is 2. The van der Waals surface area contributed by atoms with Gasteiger partial charge in [0.05, 0.1) is 25.9 Å². The third kappa shape index (κ3) is 5.45. The Bertz CT molecular complexity index is 1950. The summed E-state index contributed by atoms with van der Waals surface area (Å²) in [5.74, 6) is -0.253. The van der Waals surface area contributed by atoms with Crippen molar-refractivity contribution in [3.05, 3.63) is 29.3 Å². The summed E-state index contributed by atoms with van der Waals surface area (Å²) < 4.78 is 80.3. The van der Waals surface area contributed by atoms with Crippen molar-refractivity contribution in [2.24, 2.45) is 0 Å². The Morgan fingerprint density at radius 1 is 0.956 bits per heavy atom. The molecule has 0 saturated carbocycles. The van der Waals surface area contributed by atoms with Crippen LogP contribution >= 0.6 is 14.2 Å². The minimum absolute atomic E-state index is 0.0272. The average molecular weight is 687 g/mol. The highest BCUT2D eigenvalue weighted by Gasteiger charge is 2.53. The molecule has 3 saturated heterocycles. The number of nitrogens with zero attached hydrogens (tertiary/aromatic N) is 7. The standard InChI is InChI=1S/C20H21BF2N10O9P2S/c21-43(35)37-1-6-13(9(23)18(39-6)32-4-28-10-14(24)26-3-27-15(10)32)42-44(36,45)38-2-7-12(41-43)8(22)19(40-7)33-5-29-11-16(33)30-20(25)31-17(11)34/h3-9,12-13,18-19H,1-2H2,(H,36,45)(H2,24,26,27)(H3,25,30,31,34)/p-1/t6-,7-,8?,9+,12+,13?,18-,19-,43-,44?/m1/s1. The van der Waals surface area contributed by atoms with E-state index >= 15 is 8.78 Å². The van der Waals surface area contributed by atoms with Crippen LogP contribution in [-0.2, 0) is 43.9 Å². The largest absolute Gasteiger partial charge is 0.780 e. The number of rotatable bonds is 2. The van der Waals surface area contributed by atoms with Crippen molar-refractivity contribution in [3.8, 4) is 0 Å². The molecule has 0 spiro atoms. The second-order valence-corrected chi connectivity index (χ2v) is 14.3. The number of alkyl halides is 2. The Morgan fingerprint density at radius 3 is 2.24 bits per heavy atom. The van der Waals surface area contributed by atoms with Crippen LogP contribution in [0, 0.1) is 0 Å². The zero-order valence-corrected chi connectivity index (χ0v) is 25.0. The van der Waals surface area contributed by atoms with Crippen molar-refractivity contribution in [3.63, 3.8) is 0 Å². The highest BCUT2D eigenvalue weighted by atomic mass is 32.5. The van der Waals surface area contributed by atoms with E-state index in [9.17, 15) is 14.3 Å². The molecule has 4 aromatic heterocycles. The van der Waals surface area contributed by atoms with Gasteiger partial charge >= 0.3 is 0 Å². The number of H-pyrrole nitrogens is 1. The fourth-order valence-electron chi connectivity index (χ4n) is 5.26. The lowest BCUT2D eigenvalue weighted by atomic mass is 10.1. The molecule has 45 heavy (non-hydrogen) atoms. The molecule has 19 nitrogen and oxygen atoms in total. The van der Waals surface area contributed by atoms with Gasteiger partial charge in [-0.3, -0.25) is 23.5 Å². The van der Waals surface area contributed by atoms with Crippen LogP contribution in [0.1, 0.15) is 12.5 Å². The lowest BCUT2D eigenvalue weighted by molar-refractivity contribution is -0.217. The SMILES string of the molecule is [B][P@@]1(=O)OC[C@H]2O[C@@H](n3cnc4c(N)ncnc43)[C@@H](F)C2OP([O-])(=S)OC[C@H]2O[C@@H](n3cnc4c(=O)[nH]c(N)nc43)C(F)[C@H]2O1. The number of imidazole rings is 2. The van der Waals surface area contributed by atoms with Gasteiger partial charge in [0.1, 0.15) is 43.0 Å². The monoisotopic (exact) mass is 687 g/mol. The molecule has 7 heterocycles. The Kier molecular flexibility index (Phi) is 7.55. The number of nitrogens with one attached hydrogen (secondary N) is 1. The molecule has 3 fully saturated rings. The molecule has 0 aromatic carbocycles. The molecule has 0 aliphatic carbocycles. The Labute approximate surface area is 255 Å². The zero-order valence-electron chi connectivity index (χ0n) is 22.4. The van der Waals surface area contributed by atoms with Crippen LogP contribution in [0.25, 0.3) is 22.3 Å². The first kappa shape index (κ1) is 30.7. The maximum Gasteiger partial charge on any atom is 0.280 e. The van der Waals surface area contributed by atoms with Crippen LogP contribution in [-0.4, -0.2) is 96.6 Å². The van der Waals surface area contributed by atoms with E-state index in [-0.39, 0.29) is 34.1 Å². The summed E-state index contributed by atoms with van der Waals surface area (Å²) in [6.45, 7) is -6.06. The minimum Gasteiger partial charge on any atom is -0.780 e. The van der Waals surface area contributed by atoms with Gasteiger partial charge in [0.25, 0.3) is 13.0 Å². The fraction of sp³-hybridized carbons (Fsp3) is 0.500. The lowest BCUT2D eigenvalue weighted by Crippen LogP contribution is -2.38. The van der Waals surface area contributed by atoms with Crippen LogP contribution < -0.4 is 21.9 Å². The van der Waals surface area contributed by atoms with E-state index < -0.39 is 82.2 Å². The first-order valence-corrected chi connectivity index (χ1v) is 17.1. The van der Waals surface area contributed by atoms with Crippen molar-refractivity contribution >= 4 is 67.7 Å². The lowest BCUT2D eigenvalue weighted by Gasteiger charge is -2.35. The van der Waals surface area contributed by atoms with Gasteiger partial charge in [-0.05, 0) is 0 Å². The van der Waals surface area contributed by atoms with E-state index in [1.807, 2.05) is 0 Å². The average Bonchev–Trinajstić information content (AvgIpc) is 3.72. The highest BCUT2D eigenvalue weighted by molar-refractivity contribution is 8.06. The summed E-state index contributed by atoms with van der Waals surface area (Å²) in [4.78, 5) is 47.6. The van der Waals surface area contributed by atoms with Crippen molar-refractivity contribution in [2.75, 3.05) is 24.7 Å². The topological polar surface area (TPSA) is 255 Å². The first-order chi connectivity index (χ1) is 21.3. The van der Waals surface area contributed by atoms with Gasteiger partial charge in [-0.1, -0.05) is 11.8 Å². The predicted molar refractivity (Wildman–Crippen MR) is 149 cm³/mol. The molecule has 10 atom stereocenters. The summed E-state index contributed by atoms with van der Waals surface area (Å²) in [6, 6.07) is 0. The molecule has 3 aliphatic heterocycles. The fourth-order valence-corrected chi connectivity index (χ4v) is 7.69. The normalized spacial score (nSPS) is 37.7. The van der Waals surface area contributed by atoms with E-state index in [2.05, 4.69) is 29.9 Å². The number of aromatic amines is 1. The molecule has 0 bridgehead atoms. The predicted octanol–water partition coefficient (Wildman–Crippen LogP) is -0.726. The number of hydrogen-bond acceptors (Lipinski definition) is 17. The summed E-state index contributed by atoms with van der Waals surface area (Å²) in [5, 5.41) is 0. The number of hydrogen-bond donors (Lipinski definition) is 3. The van der Waals surface area contributed by atoms with E-state index in [0.29, 0.717) is 0 Å². The van der Waals surface area contributed by atoms with Crippen molar-refractivity contribution in [1.82, 2.24) is 39.0 Å². The molecule has 238 valence electrons. The molecule has 7 rings (SSSR count). The van der Waals surface area contributed by atoms with Crippen LogP contribution in [0.4, 0.5) is 20.5 Å². The summed E-state index contributed by atoms with van der Waals surface area (Å²) >= 11 is 5.01. The summed E-state index contributed by atoms with van der Waals surface area (Å²) in [5.41, 5.74) is 10.7. The molecular weight excluding hydrogens is 667 g/mol. The van der Waals surface area contributed by atoms with E-state index in [1.54, 1.807) is 0 Å². The number of nitrogen functional groups attached to an aromatic ring is 2. The number of nitrogens with two attached hydrogens (primary N) is 2. The van der Waals surface area contributed by atoms with Crippen LogP contribution in [0.15, 0.2) is 23.8 Å². The smallest absolute Gasteiger partial charge is 0.280 e. The molecule has 25 heteroatoms. The van der Waals surface area contributed by atoms with E-state index in [0.717, 1.165) is 17.2 Å². The van der Waals surface area contributed by atoms with Gasteiger partial charge in [-0.15, -0.1) is 0 Å². The minimum atomic E-state index is -4.64. The zero-order chi connectivity index (χ0) is 31.8. The van der Waals surface area contributed by atoms with E-state index in [1.165, 1.54) is 10.9 Å². The van der Waals surface area contributed by atoms with Crippen molar-refractivity contribution < 1.29 is 45.8 Å². The van der Waals surface area contributed by atoms with E-state index in [4.69, 9.17) is 58.4 Å². The quantitative estimate of drug-likeness (QED) is 0.173. The molecule has 3 aliphatic rings. The first-order valence-electron chi connectivity index (χ1n) is 12.9. The van der Waals surface area contributed by atoms with Gasteiger partial charge in [-0.2, -0.15) is 4.98 Å². The van der Waals surface area contributed by atoms with Gasteiger partial charge in [0.2, 0.25) is 13.5 Å². The van der Waals surface area contributed by atoms with Gasteiger partial charge in [0.15, 0.2) is 47.4 Å². The van der Waals surface area contributed by atoms with Crippen molar-refractivity contribution in [2.45, 2.75) is 49.2 Å². The Morgan fingerprint density at radius 2 is 1.56 bits per heavy atom. The van der Waals surface area contributed by atoms with Crippen LogP contribution in [0.2, 0.25) is 0 Å². The molecule has 2 radical (unpaired) electrons. The van der Waals surface area contributed by atoms with Crippen LogP contribution in [0.3, 0.4) is 0 Å². The van der Waals surface area contributed by atoms with Gasteiger partial charge in [0, 0.05) is 0 Å². The third-order valence-corrected chi connectivity index (χ3v) is 9.84. The van der Waals surface area contributed by atoms with Gasteiger partial charge in [-0.25, -0.2) is 28.7 Å². The summed E-state index contributed by atoms with van der Waals surface area (Å²) in [7, 11) is 1.16. The van der Waals surface area contributed by atoms with Crippen LogP contribution in [0.5, 0.6) is 0 Å². The number of aromatic nitrogens is 8. The maximum atomic E-state index is 16.0. The Balaban J connectivity index is 1.17. The maximum absolute atomic E-state index is 16.0. The number of anilines is 2. The second kappa shape index (κ2) is 11.1. The molecule has 3 unspecified atom stereocenters. The summed E-state index contributed by atoms with van der Waals surface area (Å²) in [6.07, 6.45) is -10.3. The second-order valence-electron chi connectivity index (χ2n) is 10.1. The van der Waals surface area contributed by atoms with Gasteiger partial charge < -0.3 is 43.9 Å². The highest BCUT2D eigenvalue weighted by Crippen LogP contribution is 2.53. The number of ether oxygens (including phenoxy) is 2. The molecular formula is C20H20BF2N10O9P2S-. The van der Waals surface area contributed by atoms with Crippen molar-refractivity contribution in [1.29, 1.82) is 0 Å². The number of fused-ring (bicyclic) bond motifs is 4. The Hall–Kier alpha value is -2.98. The third-order valence-electron chi connectivity index (χ3n) is 7.25. The molecule has 4 aromatic rings. The molecule has 0 amide bonds. The molecule has 5 N–H and O–H groups in total.